The molecule has 0 aromatic heterocycles. The van der Waals surface area contributed by atoms with Gasteiger partial charge in [0.15, 0.2) is 0 Å². The van der Waals surface area contributed by atoms with Crippen LogP contribution >= 0.6 is 0 Å². The average molecular weight is 326 g/mol. The molecule has 2 saturated heterocycles. The molecule has 8 heteroatoms. The number of ether oxygens (including phenoxy) is 2. The van der Waals surface area contributed by atoms with Crippen molar-refractivity contribution in [3.05, 3.63) is 0 Å². The van der Waals surface area contributed by atoms with Crippen molar-refractivity contribution in [1.29, 1.82) is 0 Å². The monoisotopic (exact) mass is 326 g/mol. The van der Waals surface area contributed by atoms with E-state index in [0.717, 1.165) is 0 Å². The van der Waals surface area contributed by atoms with E-state index < -0.39 is 48.7 Å². The van der Waals surface area contributed by atoms with E-state index in [9.17, 15) is 27.5 Å². The summed E-state index contributed by atoms with van der Waals surface area (Å²) in [5.74, 6) is -9.75. The number of rotatable bonds is 1. The summed E-state index contributed by atoms with van der Waals surface area (Å²) >= 11 is 0. The minimum Gasteiger partial charge on any atom is -0.481 e. The highest BCUT2D eigenvalue weighted by Gasteiger charge is 2.59. The largest absolute Gasteiger partial charge is 0.481 e. The first-order chi connectivity index (χ1) is 10.1. The SMILES string of the molecule is O=C(O)C12CC3CC(C1)OCC(F)(F)C(F)(F)COC(C3)C2. The number of carboxylic acids is 1. The first-order valence-electron chi connectivity index (χ1n) is 7.36. The van der Waals surface area contributed by atoms with Gasteiger partial charge < -0.3 is 14.6 Å². The smallest absolute Gasteiger partial charge is 0.335 e. The Kier molecular flexibility index (Phi) is 3.67. The maximum absolute atomic E-state index is 13.6. The van der Waals surface area contributed by atoms with Gasteiger partial charge in [-0.3, -0.25) is 4.79 Å². The second-order valence-electron chi connectivity index (χ2n) is 6.81. The van der Waals surface area contributed by atoms with Crippen LogP contribution in [0.15, 0.2) is 0 Å². The molecule has 4 rings (SSSR count). The van der Waals surface area contributed by atoms with Crippen molar-refractivity contribution < 1.29 is 36.9 Å². The molecule has 2 atom stereocenters. The van der Waals surface area contributed by atoms with E-state index in [4.69, 9.17) is 9.47 Å². The van der Waals surface area contributed by atoms with E-state index in [1.54, 1.807) is 0 Å². The van der Waals surface area contributed by atoms with Gasteiger partial charge in [0.05, 0.1) is 17.6 Å². The predicted octanol–water partition coefficient (Wildman–Crippen LogP) is 2.71. The molecular formula is C14H18F4O4. The first-order valence-corrected chi connectivity index (χ1v) is 7.36. The van der Waals surface area contributed by atoms with Gasteiger partial charge in [-0.2, -0.15) is 17.6 Å². The third-order valence-electron chi connectivity index (χ3n) is 5.10. The average Bonchev–Trinajstić information content (AvgIpc) is 2.42. The highest BCUT2D eigenvalue weighted by molar-refractivity contribution is 5.75. The zero-order chi connectivity index (χ0) is 16.2. The van der Waals surface area contributed by atoms with Crippen molar-refractivity contribution in [2.75, 3.05) is 13.2 Å². The zero-order valence-corrected chi connectivity index (χ0v) is 11.9. The number of carboxylic acid groups (broad SMARTS) is 1. The van der Waals surface area contributed by atoms with Gasteiger partial charge in [-0.1, -0.05) is 0 Å². The molecule has 4 nitrogen and oxygen atoms in total. The zero-order valence-electron chi connectivity index (χ0n) is 11.9. The van der Waals surface area contributed by atoms with E-state index in [0.29, 0.717) is 19.3 Å². The standard InChI is InChI=1S/C14H18F4O4/c15-13(16)6-21-9-1-8-2-10(22-7-14(13,17)18)5-12(3-8,4-9)11(19)20/h8-10H,1-7H2,(H,19,20). The molecule has 2 aliphatic carbocycles. The Labute approximate surface area is 124 Å². The molecule has 0 amide bonds. The molecule has 0 aromatic rings. The fraction of sp³-hybridized carbons (Fsp3) is 0.929. The maximum Gasteiger partial charge on any atom is 0.335 e. The van der Waals surface area contributed by atoms with E-state index in [1.165, 1.54) is 0 Å². The lowest BCUT2D eigenvalue weighted by Gasteiger charge is -2.47. The second kappa shape index (κ2) is 5.06. The Morgan fingerprint density at radius 3 is 1.77 bits per heavy atom. The van der Waals surface area contributed by atoms with E-state index in [2.05, 4.69) is 0 Å². The molecule has 22 heavy (non-hydrogen) atoms. The molecule has 126 valence electrons. The van der Waals surface area contributed by atoms with Gasteiger partial charge in [0, 0.05) is 0 Å². The second-order valence-corrected chi connectivity index (χ2v) is 6.81. The number of fused-ring (bicyclic) bond motifs is 5. The van der Waals surface area contributed by atoms with Crippen LogP contribution in [0.25, 0.3) is 0 Å². The van der Waals surface area contributed by atoms with Crippen molar-refractivity contribution >= 4 is 5.97 Å². The molecular weight excluding hydrogens is 308 g/mol. The van der Waals surface area contributed by atoms with Crippen molar-refractivity contribution in [2.24, 2.45) is 11.3 Å². The summed E-state index contributed by atoms with van der Waals surface area (Å²) in [4.78, 5) is 11.6. The van der Waals surface area contributed by atoms with Crippen LogP contribution in [0, 0.1) is 11.3 Å². The molecule has 1 N–H and O–H groups in total. The number of carbonyl (C=O) groups is 1. The summed E-state index contributed by atoms with van der Waals surface area (Å²) < 4.78 is 64.5. The fourth-order valence-corrected chi connectivity index (χ4v) is 4.02. The first kappa shape index (κ1) is 16.0. The summed E-state index contributed by atoms with van der Waals surface area (Å²) in [6.45, 7) is -2.83. The normalized spacial score (nSPS) is 43.5. The number of aliphatic carboxylic acids is 1. The van der Waals surface area contributed by atoms with Crippen molar-refractivity contribution in [3.63, 3.8) is 0 Å². The predicted molar refractivity (Wildman–Crippen MR) is 66.0 cm³/mol. The molecule has 0 radical (unpaired) electrons. The minimum absolute atomic E-state index is 0.0612. The molecule has 0 aromatic carbocycles. The lowest BCUT2D eigenvalue weighted by molar-refractivity contribution is -0.257. The summed E-state index contributed by atoms with van der Waals surface area (Å²) in [6, 6.07) is 0. The van der Waals surface area contributed by atoms with Gasteiger partial charge >= 0.3 is 17.8 Å². The molecule has 4 fully saturated rings. The number of hydrogen-bond acceptors (Lipinski definition) is 3. The Balaban J connectivity index is 1.91. The summed E-state index contributed by atoms with van der Waals surface area (Å²) in [7, 11) is 0. The van der Waals surface area contributed by atoms with Gasteiger partial charge in [-0.15, -0.1) is 0 Å². The number of alkyl halides is 4. The molecule has 2 aliphatic heterocycles. The van der Waals surface area contributed by atoms with Crippen molar-refractivity contribution in [3.8, 4) is 0 Å². The molecule has 2 saturated carbocycles. The van der Waals surface area contributed by atoms with Gasteiger partial charge in [0.2, 0.25) is 0 Å². The number of halogens is 4. The van der Waals surface area contributed by atoms with Crippen LogP contribution in [-0.2, 0) is 14.3 Å². The summed E-state index contributed by atoms with van der Waals surface area (Å²) in [5, 5.41) is 9.53. The highest BCUT2D eigenvalue weighted by atomic mass is 19.3. The van der Waals surface area contributed by atoms with Crippen LogP contribution in [0.4, 0.5) is 17.6 Å². The Hall–Kier alpha value is -0.890. The lowest BCUT2D eigenvalue weighted by atomic mass is 9.60. The van der Waals surface area contributed by atoms with Gasteiger partial charge in [-0.25, -0.2) is 0 Å². The van der Waals surface area contributed by atoms with Gasteiger partial charge in [0.25, 0.3) is 0 Å². The van der Waals surface area contributed by atoms with Crippen LogP contribution < -0.4 is 0 Å². The highest BCUT2D eigenvalue weighted by Crippen LogP contribution is 2.52. The molecule has 2 heterocycles. The molecule has 0 spiro atoms. The minimum atomic E-state index is -4.33. The maximum atomic E-state index is 13.6. The summed E-state index contributed by atoms with van der Waals surface area (Å²) in [6.07, 6.45) is -0.0612. The fourth-order valence-electron chi connectivity index (χ4n) is 4.02. The molecule has 4 aliphatic rings. The van der Waals surface area contributed by atoms with Crippen molar-refractivity contribution in [2.45, 2.75) is 56.2 Å². The third-order valence-corrected chi connectivity index (χ3v) is 5.10. The Morgan fingerprint density at radius 2 is 1.36 bits per heavy atom. The van der Waals surface area contributed by atoms with Crippen LogP contribution in [0.5, 0.6) is 0 Å². The van der Waals surface area contributed by atoms with E-state index in [-0.39, 0.29) is 18.8 Å². The van der Waals surface area contributed by atoms with Gasteiger partial charge in [-0.05, 0) is 38.0 Å². The van der Waals surface area contributed by atoms with E-state index >= 15 is 0 Å². The van der Waals surface area contributed by atoms with Crippen LogP contribution in [-0.4, -0.2) is 48.3 Å². The van der Waals surface area contributed by atoms with E-state index in [1.807, 2.05) is 0 Å². The van der Waals surface area contributed by atoms with Gasteiger partial charge in [0.1, 0.15) is 13.2 Å². The number of hydrogen-bond donors (Lipinski definition) is 1. The van der Waals surface area contributed by atoms with Crippen LogP contribution in [0.2, 0.25) is 0 Å². The third kappa shape index (κ3) is 2.60. The Morgan fingerprint density at radius 1 is 0.909 bits per heavy atom. The summed E-state index contributed by atoms with van der Waals surface area (Å²) in [5.41, 5.74) is -1.12. The van der Waals surface area contributed by atoms with Crippen LogP contribution in [0.1, 0.15) is 32.1 Å². The Bertz CT molecular complexity index is 438. The van der Waals surface area contributed by atoms with Crippen LogP contribution in [0.3, 0.4) is 0 Å². The quantitative estimate of drug-likeness (QED) is 0.753. The lowest BCUT2D eigenvalue weighted by Crippen LogP contribution is -2.49. The molecule has 2 unspecified atom stereocenters. The van der Waals surface area contributed by atoms with Crippen molar-refractivity contribution in [1.82, 2.24) is 0 Å². The topological polar surface area (TPSA) is 55.8 Å². The molecule has 4 bridgehead atoms.